The number of hydrogen-bond acceptors (Lipinski definition) is 5. The highest BCUT2D eigenvalue weighted by Gasteiger charge is 2.14. The third kappa shape index (κ3) is 4.31. The predicted molar refractivity (Wildman–Crippen MR) is 116 cm³/mol. The van der Waals surface area contributed by atoms with Crippen LogP contribution in [0.1, 0.15) is 11.1 Å². The third-order valence-electron chi connectivity index (χ3n) is 5.27. The van der Waals surface area contributed by atoms with E-state index in [1.807, 2.05) is 19.2 Å². The molecule has 0 spiro atoms. The van der Waals surface area contributed by atoms with E-state index in [0.717, 1.165) is 55.5 Å². The molecule has 144 valence electrons. The molecule has 1 N–H and O–H groups in total. The van der Waals surface area contributed by atoms with Gasteiger partial charge in [0, 0.05) is 55.7 Å². The van der Waals surface area contributed by atoms with Crippen molar-refractivity contribution in [2.75, 3.05) is 43.4 Å². The first-order chi connectivity index (χ1) is 13.7. The highest BCUT2D eigenvalue weighted by Crippen LogP contribution is 2.23. The molecule has 0 amide bonds. The molecule has 0 atom stereocenters. The second-order valence-electron chi connectivity index (χ2n) is 7.40. The lowest BCUT2D eigenvalue weighted by Crippen LogP contribution is -2.44. The van der Waals surface area contributed by atoms with Gasteiger partial charge in [-0.2, -0.15) is 0 Å². The van der Waals surface area contributed by atoms with Crippen LogP contribution in [-0.2, 0) is 6.54 Å². The first kappa shape index (κ1) is 18.4. The van der Waals surface area contributed by atoms with Gasteiger partial charge in [0.15, 0.2) is 5.82 Å². The number of hydrogen-bond donors (Lipinski definition) is 1. The van der Waals surface area contributed by atoms with Gasteiger partial charge in [0.2, 0.25) is 0 Å². The summed E-state index contributed by atoms with van der Waals surface area (Å²) >= 11 is 0. The quantitative estimate of drug-likeness (QED) is 0.737. The molecule has 1 aliphatic rings. The summed E-state index contributed by atoms with van der Waals surface area (Å²) in [5, 5.41) is 3.44. The van der Waals surface area contributed by atoms with E-state index < -0.39 is 0 Å². The number of aryl methyl sites for hydroxylation is 1. The molecule has 0 radical (unpaired) electrons. The van der Waals surface area contributed by atoms with Crippen molar-refractivity contribution in [2.24, 2.45) is 0 Å². The van der Waals surface area contributed by atoms with Crippen LogP contribution < -0.4 is 10.2 Å². The Hall–Kier alpha value is -2.92. The fraction of sp³-hybridized carbons (Fsp3) is 0.304. The van der Waals surface area contributed by atoms with Crippen molar-refractivity contribution >= 4 is 11.5 Å². The summed E-state index contributed by atoms with van der Waals surface area (Å²) in [7, 11) is 2.18. The zero-order valence-electron chi connectivity index (χ0n) is 16.6. The van der Waals surface area contributed by atoms with Crippen LogP contribution in [0.15, 0.2) is 60.8 Å². The first-order valence-electron chi connectivity index (χ1n) is 9.84. The molecule has 5 nitrogen and oxygen atoms in total. The number of rotatable bonds is 5. The molecule has 0 bridgehead atoms. The third-order valence-corrected chi connectivity index (χ3v) is 5.27. The number of aromatic nitrogens is 2. The van der Waals surface area contributed by atoms with Crippen molar-refractivity contribution in [3.8, 4) is 11.4 Å². The summed E-state index contributed by atoms with van der Waals surface area (Å²) < 4.78 is 0. The lowest BCUT2D eigenvalue weighted by Gasteiger charge is -2.34. The Morgan fingerprint density at radius 2 is 1.64 bits per heavy atom. The normalized spacial score (nSPS) is 14.9. The molecule has 2 heterocycles. The molecule has 5 heteroatoms. The molecule has 2 aromatic carbocycles. The molecular formula is C23H27N5. The molecule has 1 fully saturated rings. The van der Waals surface area contributed by atoms with Crippen LogP contribution in [-0.4, -0.2) is 48.1 Å². The van der Waals surface area contributed by atoms with E-state index >= 15 is 0 Å². The Morgan fingerprint density at radius 1 is 0.929 bits per heavy atom. The predicted octanol–water partition coefficient (Wildman–Crippen LogP) is 3.82. The zero-order chi connectivity index (χ0) is 19.3. The van der Waals surface area contributed by atoms with Crippen LogP contribution in [0.3, 0.4) is 0 Å². The monoisotopic (exact) mass is 373 g/mol. The van der Waals surface area contributed by atoms with Crippen LogP contribution in [0, 0.1) is 6.92 Å². The highest BCUT2D eigenvalue weighted by atomic mass is 15.2. The van der Waals surface area contributed by atoms with Gasteiger partial charge in [0.25, 0.3) is 0 Å². The average molecular weight is 374 g/mol. The van der Waals surface area contributed by atoms with Gasteiger partial charge in [0.1, 0.15) is 5.82 Å². The van der Waals surface area contributed by atoms with Crippen LogP contribution in [0.2, 0.25) is 0 Å². The largest absolute Gasteiger partial charge is 0.369 e. The fourth-order valence-electron chi connectivity index (χ4n) is 3.43. The minimum atomic E-state index is 0.750. The number of nitrogens with zero attached hydrogens (tertiary/aromatic N) is 4. The smallest absolute Gasteiger partial charge is 0.161 e. The van der Waals surface area contributed by atoms with E-state index in [-0.39, 0.29) is 0 Å². The Balaban J connectivity index is 1.48. The average Bonchev–Trinajstić information content (AvgIpc) is 2.75. The molecule has 28 heavy (non-hydrogen) atoms. The number of nitrogens with one attached hydrogen (secondary N) is 1. The number of likely N-dealkylation sites (N-methyl/N-ethyl adjacent to an activating group) is 1. The van der Waals surface area contributed by atoms with E-state index in [2.05, 4.69) is 75.7 Å². The maximum absolute atomic E-state index is 4.77. The molecule has 1 saturated heterocycles. The van der Waals surface area contributed by atoms with Crippen molar-refractivity contribution in [1.82, 2.24) is 14.9 Å². The van der Waals surface area contributed by atoms with Gasteiger partial charge in [0.05, 0.1) is 0 Å². The number of piperazine rings is 1. The van der Waals surface area contributed by atoms with Gasteiger partial charge >= 0.3 is 0 Å². The summed E-state index contributed by atoms with van der Waals surface area (Å²) in [5.41, 5.74) is 4.60. The van der Waals surface area contributed by atoms with E-state index in [0.29, 0.717) is 0 Å². The second-order valence-corrected chi connectivity index (χ2v) is 7.40. The Kier molecular flexibility index (Phi) is 5.53. The molecule has 3 aromatic rings. The Bertz CT molecular complexity index is 900. The SMILES string of the molecule is Cc1cnc(-c2ccc(N3CCN(C)CC3)cc2)nc1NCc1ccccc1. The van der Waals surface area contributed by atoms with Gasteiger partial charge in [-0.3, -0.25) is 0 Å². The van der Waals surface area contributed by atoms with E-state index in [1.54, 1.807) is 0 Å². The standard InChI is InChI=1S/C23H27N5/c1-18-16-24-23(26-22(18)25-17-19-6-4-3-5-7-19)20-8-10-21(11-9-20)28-14-12-27(2)13-15-28/h3-11,16H,12-15,17H2,1-2H3,(H,24,25,26). The topological polar surface area (TPSA) is 44.3 Å². The van der Waals surface area contributed by atoms with Crippen molar-refractivity contribution in [1.29, 1.82) is 0 Å². The molecule has 4 rings (SSSR count). The number of anilines is 2. The van der Waals surface area contributed by atoms with Crippen molar-refractivity contribution < 1.29 is 0 Å². The summed E-state index contributed by atoms with van der Waals surface area (Å²) in [6.07, 6.45) is 1.89. The minimum Gasteiger partial charge on any atom is -0.369 e. The van der Waals surface area contributed by atoms with E-state index in [4.69, 9.17) is 4.98 Å². The van der Waals surface area contributed by atoms with Gasteiger partial charge in [-0.05, 0) is 43.8 Å². The van der Waals surface area contributed by atoms with E-state index in [9.17, 15) is 0 Å². The lowest BCUT2D eigenvalue weighted by molar-refractivity contribution is 0.313. The van der Waals surface area contributed by atoms with Crippen molar-refractivity contribution in [3.63, 3.8) is 0 Å². The summed E-state index contributed by atoms with van der Waals surface area (Å²) in [5.74, 6) is 1.64. The molecule has 0 aliphatic carbocycles. The Labute approximate surface area is 167 Å². The Morgan fingerprint density at radius 3 is 2.36 bits per heavy atom. The van der Waals surface area contributed by atoms with E-state index in [1.165, 1.54) is 11.3 Å². The van der Waals surface area contributed by atoms with Crippen LogP contribution >= 0.6 is 0 Å². The minimum absolute atomic E-state index is 0.750. The fourth-order valence-corrected chi connectivity index (χ4v) is 3.43. The molecule has 1 aromatic heterocycles. The zero-order valence-corrected chi connectivity index (χ0v) is 16.6. The lowest BCUT2D eigenvalue weighted by atomic mass is 10.1. The van der Waals surface area contributed by atoms with Gasteiger partial charge < -0.3 is 15.1 Å². The number of benzene rings is 2. The van der Waals surface area contributed by atoms with Crippen molar-refractivity contribution in [3.05, 3.63) is 71.9 Å². The van der Waals surface area contributed by atoms with Gasteiger partial charge in [-0.15, -0.1) is 0 Å². The summed E-state index contributed by atoms with van der Waals surface area (Å²) in [6, 6.07) is 19.0. The van der Waals surface area contributed by atoms with Crippen LogP contribution in [0.25, 0.3) is 11.4 Å². The summed E-state index contributed by atoms with van der Waals surface area (Å²) in [6.45, 7) is 7.15. The first-order valence-corrected chi connectivity index (χ1v) is 9.84. The maximum Gasteiger partial charge on any atom is 0.161 e. The molecule has 0 saturated carbocycles. The van der Waals surface area contributed by atoms with Crippen LogP contribution in [0.4, 0.5) is 11.5 Å². The van der Waals surface area contributed by atoms with Crippen molar-refractivity contribution in [2.45, 2.75) is 13.5 Å². The maximum atomic E-state index is 4.77. The molecular weight excluding hydrogens is 346 g/mol. The molecule has 1 aliphatic heterocycles. The van der Waals surface area contributed by atoms with Crippen LogP contribution in [0.5, 0.6) is 0 Å². The van der Waals surface area contributed by atoms with Gasteiger partial charge in [-0.1, -0.05) is 30.3 Å². The highest BCUT2D eigenvalue weighted by molar-refractivity contribution is 5.62. The van der Waals surface area contributed by atoms with Gasteiger partial charge in [-0.25, -0.2) is 9.97 Å². The molecule has 0 unspecified atom stereocenters. The second kappa shape index (κ2) is 8.40. The summed E-state index contributed by atoms with van der Waals surface area (Å²) in [4.78, 5) is 14.1.